The number of Topliss-reactive ketones (excluding diaryl/α,β-unsaturated/α-hetero) is 1. The van der Waals surface area contributed by atoms with Crippen LogP contribution in [0.1, 0.15) is 256 Å². The molecule has 0 aromatic rings. The van der Waals surface area contributed by atoms with E-state index in [0.29, 0.717) is 96.8 Å². The van der Waals surface area contributed by atoms with Crippen LogP contribution >= 0.6 is 94.5 Å². The number of unbranched alkanes of at least 4 members (excludes halogenated alkanes) is 4. The van der Waals surface area contributed by atoms with E-state index in [4.69, 9.17) is 45.2 Å². The Kier molecular flexibility index (Phi) is 80.3. The highest BCUT2D eigenvalue weighted by molar-refractivity contribution is 7.60. The molecule has 0 saturated carbocycles. The quantitative estimate of drug-likeness (QED) is 0.0391. The SMILES string of the molecule is CC(C)(C)C(=O)NCCCC[C@H](N)C(N)=O.CC(C)C[C@H](NC(=O)[C@H](C)N)C(=O)C[C@@H](C)C(=O)N[C@@H](CCCCNC(=O)C(C)(C)C)C(N)=O.CC(C)[C@H](NC(=O)C(C)(C)C)C(=O)O.CCC(=O)N[C@@H](CCCCNC(=O)C(C)(C)C)C(N)=O.C[C@H](N)C(=O)N[C@@H](CCCCNC(=O)C(C)(C)C)C(N)=O.S.S.S.S.S.S.S. The Labute approximate surface area is 718 Å². The summed E-state index contributed by atoms with van der Waals surface area (Å²) in [6.45, 7) is 43.3. The maximum atomic E-state index is 12.8. The van der Waals surface area contributed by atoms with Crippen LogP contribution in [0.3, 0.4) is 0 Å². The number of primary amides is 4. The minimum absolute atomic E-state index is 0. The number of carbonyl (C=O) groups is 15. The van der Waals surface area contributed by atoms with Gasteiger partial charge in [0, 0.05) is 72.0 Å². The van der Waals surface area contributed by atoms with Crippen LogP contribution in [0, 0.1) is 44.8 Å². The molecule has 39 heteroatoms. The number of amides is 13. The van der Waals surface area contributed by atoms with Gasteiger partial charge in [0.2, 0.25) is 76.8 Å². The molecule has 0 aliphatic rings. The lowest BCUT2D eigenvalue weighted by molar-refractivity contribution is -0.144. The number of carbonyl (C=O) groups excluding carboxylic acids is 14. The summed E-state index contributed by atoms with van der Waals surface area (Å²) in [4.78, 5) is 174. The van der Waals surface area contributed by atoms with Crippen LogP contribution in [0.15, 0.2) is 0 Å². The number of carboxylic acids is 1. The minimum Gasteiger partial charge on any atom is -0.480 e. The highest BCUT2D eigenvalue weighted by Crippen LogP contribution is 2.18. The van der Waals surface area contributed by atoms with Gasteiger partial charge in [-0.05, 0) is 109 Å². The molecule has 9 atom stereocenters. The smallest absolute Gasteiger partial charge is 0.326 e. The number of ketones is 1. The monoisotopic (exact) mass is 1740 g/mol. The summed E-state index contributed by atoms with van der Waals surface area (Å²) in [5, 5.41) is 33.1. The van der Waals surface area contributed by atoms with E-state index in [1.165, 1.54) is 13.8 Å². The molecule has 0 rings (SSSR count). The summed E-state index contributed by atoms with van der Waals surface area (Å²) in [5.74, 6) is -5.91. The van der Waals surface area contributed by atoms with Crippen LogP contribution in [-0.4, -0.2) is 168 Å². The number of rotatable bonds is 40. The van der Waals surface area contributed by atoms with Gasteiger partial charge < -0.3 is 93.1 Å². The zero-order chi connectivity index (χ0) is 83.3. The standard InChI is InChI=1S/C24H45N5O5.C14H28N4O3.C14H27N3O3.C11H23N3O2.C10H19NO3.7H2S/c1-14(2)12-18(29-22(33)16(4)25)19(30)13-15(3)21(32)28-17(20(26)31)10-8-9-11-27-23(34)24(5,6)7;1-9(15)12(20)18-10(11(16)19)7-5-6-8-17-13(21)14(2,3)4;1-5-11(18)17-10(12(15)19)8-6-7-9-16-13(20)14(2,3)4;1-11(2,3)10(16)14-7-5-4-6-8(12)9(13)15;1-6(2)7(8(12)13)11-9(14)10(3,4)5;;;;;;;/h14-18H,8-13,25H2,1-7H3,(H2,26,31)(H,27,34)(H,28,32)(H,29,33);9-10H,5-8,15H2,1-4H3,(H2,16,19)(H,17,21)(H,18,20);10H,5-9H2,1-4H3,(H2,15,19)(H,16,20)(H,17,18);8H,4-7,12H2,1-3H3,(H2,13,15)(H,14,16);6-7H,1-5H3,(H,11,14)(H,12,13);7*1H2/t15-,16+,17+,18+;9-,10-;10-;8-;7-;;;;;;;/m10000......./s1. The molecule has 666 valence electrons. The average molecular weight is 1740 g/mol. The van der Waals surface area contributed by atoms with Crippen LogP contribution in [0.25, 0.3) is 0 Å². The molecule has 112 heavy (non-hydrogen) atoms. The molecule has 0 fully saturated rings. The van der Waals surface area contributed by atoms with Crippen LogP contribution in [-0.2, 0) is 71.9 Å². The first-order chi connectivity index (χ1) is 47.7. The van der Waals surface area contributed by atoms with Crippen molar-refractivity contribution in [3.8, 4) is 0 Å². The molecule has 0 unspecified atom stereocenters. The second-order valence-electron chi connectivity index (χ2n) is 32.4. The van der Waals surface area contributed by atoms with Crippen LogP contribution in [0.4, 0.5) is 0 Å². The summed E-state index contributed by atoms with van der Waals surface area (Å²) in [5.41, 5.74) is 35.2. The maximum absolute atomic E-state index is 12.8. The molecule has 0 spiro atoms. The van der Waals surface area contributed by atoms with Gasteiger partial charge in [0.25, 0.3) is 0 Å². The average Bonchev–Trinajstić information content (AvgIpc) is 0.874. The fourth-order valence-electron chi connectivity index (χ4n) is 8.14. The van der Waals surface area contributed by atoms with E-state index in [0.717, 1.165) is 19.3 Å². The fraction of sp³-hybridized carbons (Fsp3) is 0.795. The Balaban J connectivity index is -0.000000114. The Morgan fingerprint density at radius 2 is 0.616 bits per heavy atom. The van der Waals surface area contributed by atoms with E-state index in [1.54, 1.807) is 48.5 Å². The third-order valence-corrected chi connectivity index (χ3v) is 15.3. The predicted molar refractivity (Wildman–Crippen MR) is 480 cm³/mol. The van der Waals surface area contributed by atoms with E-state index >= 15 is 0 Å². The molecule has 0 heterocycles. The van der Waals surface area contributed by atoms with Gasteiger partial charge in [-0.3, -0.25) is 67.1 Å². The third-order valence-electron chi connectivity index (χ3n) is 15.3. The van der Waals surface area contributed by atoms with Gasteiger partial charge in [-0.15, -0.1) is 0 Å². The van der Waals surface area contributed by atoms with Crippen molar-refractivity contribution in [2.75, 3.05) is 26.2 Å². The highest BCUT2D eigenvalue weighted by atomic mass is 32.1. The predicted octanol–water partition coefficient (Wildman–Crippen LogP) is 3.28. The normalized spacial score (nSPS) is 13.1. The molecule has 0 radical (unpaired) electrons. The summed E-state index contributed by atoms with van der Waals surface area (Å²) in [6.07, 6.45) is 8.11. The zero-order valence-electron chi connectivity index (χ0n) is 71.4. The minimum atomic E-state index is -0.988. The van der Waals surface area contributed by atoms with Gasteiger partial charge in [0.05, 0.1) is 24.2 Å². The van der Waals surface area contributed by atoms with Gasteiger partial charge in [-0.2, -0.15) is 94.5 Å². The maximum Gasteiger partial charge on any atom is 0.326 e. The van der Waals surface area contributed by atoms with Crippen molar-refractivity contribution in [1.29, 1.82) is 0 Å². The van der Waals surface area contributed by atoms with Gasteiger partial charge in [0.1, 0.15) is 24.2 Å². The van der Waals surface area contributed by atoms with Crippen molar-refractivity contribution < 1.29 is 77.0 Å². The summed E-state index contributed by atoms with van der Waals surface area (Å²) >= 11 is 0. The van der Waals surface area contributed by atoms with Crippen molar-refractivity contribution in [1.82, 2.24) is 47.9 Å². The molecule has 13 amide bonds. The molecule has 24 N–H and O–H groups in total. The molecule has 0 saturated heterocycles. The molecule has 32 nitrogen and oxygen atoms in total. The summed E-state index contributed by atoms with van der Waals surface area (Å²) < 4.78 is 0. The molecular weight excluding hydrogens is 1580 g/mol. The Bertz CT molecular complexity index is 2760. The Morgan fingerprint density at radius 3 is 0.848 bits per heavy atom. The first-order valence-electron chi connectivity index (χ1n) is 36.5. The number of hydrogen-bond acceptors (Lipinski definition) is 18. The van der Waals surface area contributed by atoms with E-state index in [-0.39, 0.29) is 159 Å². The third kappa shape index (κ3) is 70.0. The molecule has 0 aromatic carbocycles. The van der Waals surface area contributed by atoms with Gasteiger partial charge in [0.15, 0.2) is 5.78 Å². The number of carboxylic acid groups (broad SMARTS) is 1. The number of aliphatic carboxylic acids is 1. The van der Waals surface area contributed by atoms with E-state index in [2.05, 4.69) is 47.9 Å². The second-order valence-corrected chi connectivity index (χ2v) is 32.4. The van der Waals surface area contributed by atoms with Gasteiger partial charge >= 0.3 is 5.97 Å². The van der Waals surface area contributed by atoms with Crippen molar-refractivity contribution in [3.63, 3.8) is 0 Å². The van der Waals surface area contributed by atoms with Gasteiger partial charge in [-0.25, -0.2) is 4.79 Å². The van der Waals surface area contributed by atoms with Crippen molar-refractivity contribution in [3.05, 3.63) is 0 Å². The lowest BCUT2D eigenvalue weighted by atomic mass is 9.93. The van der Waals surface area contributed by atoms with E-state index in [1.807, 2.05) is 96.9 Å². The summed E-state index contributed by atoms with van der Waals surface area (Å²) in [7, 11) is 0. The molecule has 0 aliphatic heterocycles. The highest BCUT2D eigenvalue weighted by Gasteiger charge is 2.32. The van der Waals surface area contributed by atoms with Crippen molar-refractivity contribution in [2.24, 2.45) is 85.0 Å². The Morgan fingerprint density at radius 1 is 0.348 bits per heavy atom. The molecular formula is C73H156N16O16S7. The van der Waals surface area contributed by atoms with Crippen LogP contribution in [0.2, 0.25) is 0 Å². The van der Waals surface area contributed by atoms with E-state index < -0.39 is 123 Å². The van der Waals surface area contributed by atoms with Gasteiger partial charge in [-0.1, -0.05) is 145 Å². The largest absolute Gasteiger partial charge is 0.480 e. The number of hydrogen-bond donors (Lipinski definition) is 17. The van der Waals surface area contributed by atoms with Crippen molar-refractivity contribution in [2.45, 2.75) is 304 Å². The second kappa shape index (κ2) is 67.7. The summed E-state index contributed by atoms with van der Waals surface area (Å²) in [6, 6.07) is -5.75. The number of nitrogens with two attached hydrogens (primary N) is 7. The fourth-order valence-corrected chi connectivity index (χ4v) is 8.14. The number of nitrogens with one attached hydrogen (secondary N) is 9. The first-order valence-corrected chi connectivity index (χ1v) is 36.5. The topological polar surface area (TPSA) is 567 Å². The molecule has 0 aliphatic carbocycles. The van der Waals surface area contributed by atoms with E-state index in [9.17, 15) is 71.9 Å². The molecule has 0 bridgehead atoms. The lowest BCUT2D eigenvalue weighted by Gasteiger charge is -2.23. The molecule has 0 aromatic heterocycles. The van der Waals surface area contributed by atoms with Crippen molar-refractivity contribution >= 4 is 183 Å². The lowest BCUT2D eigenvalue weighted by Crippen LogP contribution is -2.49. The zero-order valence-corrected chi connectivity index (χ0v) is 78.4. The van der Waals surface area contributed by atoms with Crippen LogP contribution in [0.5, 0.6) is 0 Å². The first kappa shape index (κ1) is 133. The Hall–Kier alpha value is -5.42. The van der Waals surface area contributed by atoms with Crippen LogP contribution < -0.4 is 88.0 Å².